The van der Waals surface area contributed by atoms with Crippen molar-refractivity contribution in [2.24, 2.45) is 5.73 Å². The van der Waals surface area contributed by atoms with E-state index in [1.54, 1.807) is 55.6 Å². The molecule has 6 rings (SSSR count). The summed E-state index contributed by atoms with van der Waals surface area (Å²) in [5.41, 5.74) is 10.4. The number of amides is 3. The molecule has 6 N–H and O–H groups in total. The van der Waals surface area contributed by atoms with Gasteiger partial charge in [-0.25, -0.2) is 4.39 Å². The highest BCUT2D eigenvalue weighted by molar-refractivity contribution is 6.07. The molecule has 0 radical (unpaired) electrons. The van der Waals surface area contributed by atoms with Crippen LogP contribution >= 0.6 is 0 Å². The van der Waals surface area contributed by atoms with Crippen LogP contribution in [-0.4, -0.2) is 64.2 Å². The molecule has 0 saturated heterocycles. The summed E-state index contributed by atoms with van der Waals surface area (Å²) in [4.78, 5) is 40.7. The number of ether oxygens (including phenoxy) is 4. The van der Waals surface area contributed by atoms with Crippen LogP contribution in [0.3, 0.4) is 0 Å². The van der Waals surface area contributed by atoms with Crippen molar-refractivity contribution in [1.29, 1.82) is 0 Å². The number of aromatic amines is 1. The van der Waals surface area contributed by atoms with Gasteiger partial charge in [-0.15, -0.1) is 0 Å². The van der Waals surface area contributed by atoms with Gasteiger partial charge in [0.15, 0.2) is 23.0 Å². The zero-order chi connectivity index (χ0) is 43.6. The van der Waals surface area contributed by atoms with Crippen LogP contribution in [0.2, 0.25) is 0 Å². The summed E-state index contributed by atoms with van der Waals surface area (Å²) in [5.74, 6) is 0.968. The van der Waals surface area contributed by atoms with Crippen molar-refractivity contribution in [2.75, 3.05) is 52.2 Å². The summed E-state index contributed by atoms with van der Waals surface area (Å²) in [6.45, 7) is 9.13. The van der Waals surface area contributed by atoms with Crippen LogP contribution in [0.25, 0.3) is 10.9 Å². The van der Waals surface area contributed by atoms with Crippen molar-refractivity contribution in [3.63, 3.8) is 0 Å². The van der Waals surface area contributed by atoms with Crippen LogP contribution in [0.5, 0.6) is 23.0 Å². The van der Waals surface area contributed by atoms with E-state index in [9.17, 15) is 18.8 Å². The molecule has 1 heterocycles. The fourth-order valence-electron chi connectivity index (χ4n) is 6.29. The molecule has 0 atom stereocenters. The first-order valence-corrected chi connectivity index (χ1v) is 19.2. The lowest BCUT2D eigenvalue weighted by atomic mass is 9.84. The Bertz CT molecular complexity index is 2440. The van der Waals surface area contributed by atoms with Gasteiger partial charge in [0.1, 0.15) is 5.82 Å². The number of methoxy groups -OCH3 is 4. The van der Waals surface area contributed by atoms with Crippen LogP contribution in [-0.2, 0) is 10.8 Å². The molecule has 0 unspecified atom stereocenters. The molecule has 5 aromatic carbocycles. The predicted molar refractivity (Wildman–Crippen MR) is 234 cm³/mol. The highest BCUT2D eigenvalue weighted by Gasteiger charge is 2.24. The number of H-pyrrole nitrogens is 1. The lowest BCUT2D eigenvalue weighted by Crippen LogP contribution is -2.36. The number of hydrogen-bond acceptors (Lipinski definition) is 8. The minimum absolute atomic E-state index is 0.0914. The Balaban J connectivity index is 0.000000247. The van der Waals surface area contributed by atoms with E-state index in [0.717, 1.165) is 16.8 Å². The Kier molecular flexibility index (Phi) is 14.2. The van der Waals surface area contributed by atoms with Crippen LogP contribution < -0.4 is 40.6 Å². The smallest absolute Gasteiger partial charge is 0.255 e. The number of anilines is 2. The van der Waals surface area contributed by atoms with Gasteiger partial charge in [0, 0.05) is 58.0 Å². The van der Waals surface area contributed by atoms with Crippen LogP contribution in [0.15, 0.2) is 109 Å². The zero-order valence-electron chi connectivity index (χ0n) is 35.1. The van der Waals surface area contributed by atoms with E-state index in [-0.39, 0.29) is 28.6 Å². The second kappa shape index (κ2) is 19.3. The number of hydrogen-bond donors (Lipinski definition) is 5. The van der Waals surface area contributed by atoms with E-state index in [1.165, 1.54) is 33.6 Å². The summed E-state index contributed by atoms with van der Waals surface area (Å²) in [7, 11) is 6.15. The maximum Gasteiger partial charge on any atom is 0.255 e. The monoisotopic (exact) mass is 817 g/mol. The highest BCUT2D eigenvalue weighted by atomic mass is 19.1. The van der Waals surface area contributed by atoms with Gasteiger partial charge in [0.25, 0.3) is 17.7 Å². The number of carbonyl (C=O) groups is 3. The quantitative estimate of drug-likeness (QED) is 0.0730. The SMILES string of the molecule is COc1ccc(C(=O)Nc2ccc(C(C)(C)CN)cc2)cc1OC.COc1ccc(C(=O)Nc2ccc(C(C)(C)CNC(=O)c3c[nH]c4c(F)cccc34)cc2)cc1OC. The molecule has 13 heteroatoms. The molecule has 314 valence electrons. The van der Waals surface area contributed by atoms with E-state index in [4.69, 9.17) is 24.7 Å². The predicted octanol–water partition coefficient (Wildman–Crippen LogP) is 8.48. The van der Waals surface area contributed by atoms with Crippen molar-refractivity contribution in [1.82, 2.24) is 10.3 Å². The number of rotatable bonds is 14. The summed E-state index contributed by atoms with van der Waals surface area (Å²) < 4.78 is 34.8. The summed E-state index contributed by atoms with van der Waals surface area (Å²) in [5, 5.41) is 9.25. The molecule has 0 aliphatic rings. The number of para-hydroxylation sites is 1. The third-order valence-corrected chi connectivity index (χ3v) is 10.3. The summed E-state index contributed by atoms with van der Waals surface area (Å²) in [6.07, 6.45) is 1.52. The van der Waals surface area contributed by atoms with E-state index in [2.05, 4.69) is 34.8 Å². The van der Waals surface area contributed by atoms with Crippen molar-refractivity contribution < 1.29 is 37.7 Å². The van der Waals surface area contributed by atoms with Gasteiger partial charge in [0.05, 0.1) is 39.5 Å². The van der Waals surface area contributed by atoms with Crippen molar-refractivity contribution in [3.8, 4) is 23.0 Å². The Morgan fingerprint density at radius 1 is 0.617 bits per heavy atom. The van der Waals surface area contributed by atoms with E-state index < -0.39 is 5.82 Å². The number of aromatic nitrogens is 1. The fourth-order valence-corrected chi connectivity index (χ4v) is 6.29. The fraction of sp³-hybridized carbons (Fsp3) is 0.255. The Morgan fingerprint density at radius 3 is 1.53 bits per heavy atom. The molecule has 0 aliphatic heterocycles. The molecule has 0 aliphatic carbocycles. The molecule has 3 amide bonds. The maximum atomic E-state index is 13.9. The molecule has 0 fully saturated rings. The molecular weight excluding hydrogens is 766 g/mol. The molecule has 60 heavy (non-hydrogen) atoms. The molecule has 0 bridgehead atoms. The number of halogens is 1. The minimum Gasteiger partial charge on any atom is -0.493 e. The highest BCUT2D eigenvalue weighted by Crippen LogP contribution is 2.30. The Labute approximate surface area is 349 Å². The van der Waals surface area contributed by atoms with Crippen LogP contribution in [0.1, 0.15) is 69.9 Å². The summed E-state index contributed by atoms with van der Waals surface area (Å²) >= 11 is 0. The molecular formula is C47H52FN5O7. The molecule has 0 spiro atoms. The summed E-state index contributed by atoms with van der Waals surface area (Å²) in [6, 6.07) is 29.9. The second-order valence-corrected chi connectivity index (χ2v) is 15.2. The van der Waals surface area contributed by atoms with E-state index in [1.807, 2.05) is 62.4 Å². The van der Waals surface area contributed by atoms with Crippen LogP contribution in [0, 0.1) is 5.82 Å². The van der Waals surface area contributed by atoms with E-state index in [0.29, 0.717) is 69.4 Å². The van der Waals surface area contributed by atoms with Gasteiger partial charge in [-0.05, 0) is 77.9 Å². The number of fused-ring (bicyclic) bond motifs is 1. The maximum absolute atomic E-state index is 13.9. The zero-order valence-corrected chi connectivity index (χ0v) is 35.1. The normalized spacial score (nSPS) is 11.2. The lowest BCUT2D eigenvalue weighted by Gasteiger charge is -2.26. The first kappa shape index (κ1) is 44.2. The Hall–Kier alpha value is -6.86. The molecule has 0 saturated carbocycles. The average Bonchev–Trinajstić information content (AvgIpc) is 3.71. The lowest BCUT2D eigenvalue weighted by molar-refractivity contribution is 0.0946. The number of nitrogens with two attached hydrogens (primary N) is 1. The Morgan fingerprint density at radius 2 is 1.08 bits per heavy atom. The standard InChI is InChI=1S/C28H28FN3O4.C19H24N2O3/c1-28(2,16-31-27(34)21-15-30-25-20(21)6-5-7-22(25)29)18-9-11-19(12-10-18)32-26(33)17-8-13-23(35-3)24(14-17)36-4;1-19(2,12-20)14-6-8-15(9-7-14)21-18(22)13-5-10-16(23-3)17(11-13)24-4/h5-15,30H,16H2,1-4H3,(H,31,34)(H,32,33);5-11H,12,20H2,1-4H3,(H,21,22). The third-order valence-electron chi connectivity index (χ3n) is 10.3. The van der Waals surface area contributed by atoms with Crippen LogP contribution in [0.4, 0.5) is 15.8 Å². The minimum atomic E-state index is -0.398. The van der Waals surface area contributed by atoms with Gasteiger partial charge < -0.3 is 45.6 Å². The number of carbonyl (C=O) groups excluding carboxylic acids is 3. The number of benzene rings is 5. The van der Waals surface area contributed by atoms with Gasteiger partial charge in [-0.1, -0.05) is 64.1 Å². The van der Waals surface area contributed by atoms with Crippen molar-refractivity contribution in [2.45, 2.75) is 38.5 Å². The number of nitrogens with one attached hydrogen (secondary N) is 4. The molecule has 1 aromatic heterocycles. The van der Waals surface area contributed by atoms with Gasteiger partial charge in [0.2, 0.25) is 0 Å². The van der Waals surface area contributed by atoms with Crippen molar-refractivity contribution >= 4 is 40.0 Å². The second-order valence-electron chi connectivity index (χ2n) is 15.2. The van der Waals surface area contributed by atoms with Gasteiger partial charge in [-0.3, -0.25) is 14.4 Å². The molecule has 6 aromatic rings. The first-order valence-electron chi connectivity index (χ1n) is 19.2. The third kappa shape index (κ3) is 10.4. The molecule has 12 nitrogen and oxygen atoms in total. The van der Waals surface area contributed by atoms with Crippen molar-refractivity contribution in [3.05, 3.63) is 143 Å². The van der Waals surface area contributed by atoms with Gasteiger partial charge >= 0.3 is 0 Å². The first-order chi connectivity index (χ1) is 28.6. The topological polar surface area (TPSA) is 166 Å². The average molecular weight is 818 g/mol. The van der Waals surface area contributed by atoms with Gasteiger partial charge in [-0.2, -0.15) is 0 Å². The van der Waals surface area contributed by atoms with E-state index >= 15 is 0 Å². The largest absolute Gasteiger partial charge is 0.493 e.